The molecule has 0 bridgehead atoms. The summed E-state index contributed by atoms with van der Waals surface area (Å²) in [7, 11) is 1.58. The maximum atomic E-state index is 5.60. The highest BCUT2D eigenvalue weighted by molar-refractivity contribution is 5.47. The zero-order valence-corrected chi connectivity index (χ0v) is 9.47. The molecule has 0 saturated carbocycles. The summed E-state index contributed by atoms with van der Waals surface area (Å²) in [5.41, 5.74) is 8.13. The first-order chi connectivity index (χ1) is 8.28. The van der Waals surface area contributed by atoms with Crippen LogP contribution in [0, 0.1) is 11.8 Å². The Morgan fingerprint density at radius 3 is 2.47 bits per heavy atom. The topological polar surface area (TPSA) is 48.1 Å². The molecule has 0 amide bonds. The van der Waals surface area contributed by atoms with E-state index in [9.17, 15) is 0 Å². The molecular formula is C14H12N2O. The first kappa shape index (κ1) is 11.0. The molecule has 1 heterocycles. The van der Waals surface area contributed by atoms with Crippen molar-refractivity contribution in [3.8, 4) is 17.7 Å². The van der Waals surface area contributed by atoms with Crippen molar-refractivity contribution in [3.05, 3.63) is 53.7 Å². The van der Waals surface area contributed by atoms with Gasteiger partial charge in [-0.3, -0.25) is 0 Å². The van der Waals surface area contributed by atoms with Gasteiger partial charge in [-0.25, -0.2) is 4.98 Å². The number of rotatable bonds is 1. The number of nitrogen functional groups attached to an aromatic ring is 1. The molecule has 2 rings (SSSR count). The van der Waals surface area contributed by atoms with Crippen LogP contribution in [0.3, 0.4) is 0 Å². The van der Waals surface area contributed by atoms with Crippen LogP contribution in [0.2, 0.25) is 0 Å². The molecule has 0 radical (unpaired) electrons. The molecule has 17 heavy (non-hydrogen) atoms. The van der Waals surface area contributed by atoms with Gasteiger partial charge in [0.1, 0.15) is 0 Å². The number of benzene rings is 1. The molecule has 1 aromatic heterocycles. The predicted molar refractivity (Wildman–Crippen MR) is 67.6 cm³/mol. The van der Waals surface area contributed by atoms with Gasteiger partial charge in [-0.1, -0.05) is 11.8 Å². The molecule has 84 valence electrons. The van der Waals surface area contributed by atoms with Gasteiger partial charge in [0.2, 0.25) is 5.88 Å². The maximum absolute atomic E-state index is 5.60. The molecule has 3 nitrogen and oxygen atoms in total. The number of pyridine rings is 1. The van der Waals surface area contributed by atoms with Crippen LogP contribution in [0.4, 0.5) is 5.69 Å². The second kappa shape index (κ2) is 5.04. The number of hydrogen-bond acceptors (Lipinski definition) is 3. The molecule has 2 N–H and O–H groups in total. The Bertz CT molecular complexity index is 565. The molecule has 0 aliphatic carbocycles. The van der Waals surface area contributed by atoms with E-state index < -0.39 is 0 Å². The van der Waals surface area contributed by atoms with E-state index in [4.69, 9.17) is 10.5 Å². The summed E-state index contributed by atoms with van der Waals surface area (Å²) < 4.78 is 5.03. The Kier molecular flexibility index (Phi) is 3.27. The van der Waals surface area contributed by atoms with Crippen LogP contribution >= 0.6 is 0 Å². The lowest BCUT2D eigenvalue weighted by Gasteiger charge is -1.97. The van der Waals surface area contributed by atoms with Gasteiger partial charge in [-0.2, -0.15) is 0 Å². The van der Waals surface area contributed by atoms with Crippen molar-refractivity contribution >= 4 is 5.69 Å². The fraction of sp³-hybridized carbons (Fsp3) is 0.0714. The fourth-order valence-corrected chi connectivity index (χ4v) is 1.31. The van der Waals surface area contributed by atoms with Crippen molar-refractivity contribution in [1.29, 1.82) is 0 Å². The standard InChI is InChI=1S/C14H12N2O/c1-17-14-10-12(8-9-16-14)3-2-11-4-6-13(15)7-5-11/h4-10H,15H2,1H3. The number of aromatic nitrogens is 1. The lowest BCUT2D eigenvalue weighted by molar-refractivity contribution is 0.398. The van der Waals surface area contributed by atoms with Crippen LogP contribution < -0.4 is 10.5 Å². The van der Waals surface area contributed by atoms with Gasteiger partial charge in [0.05, 0.1) is 7.11 Å². The van der Waals surface area contributed by atoms with Crippen molar-refractivity contribution in [2.75, 3.05) is 12.8 Å². The normalized spacial score (nSPS) is 9.24. The average Bonchev–Trinajstić information content (AvgIpc) is 2.38. The molecule has 0 atom stereocenters. The number of methoxy groups -OCH3 is 1. The summed E-state index contributed by atoms with van der Waals surface area (Å²) in [6.45, 7) is 0. The second-order valence-corrected chi connectivity index (χ2v) is 3.46. The molecule has 0 saturated heterocycles. The largest absolute Gasteiger partial charge is 0.481 e. The smallest absolute Gasteiger partial charge is 0.214 e. The van der Waals surface area contributed by atoms with Gasteiger partial charge >= 0.3 is 0 Å². The highest BCUT2D eigenvalue weighted by Gasteiger charge is 1.93. The van der Waals surface area contributed by atoms with Gasteiger partial charge in [-0.15, -0.1) is 0 Å². The minimum atomic E-state index is 0.564. The van der Waals surface area contributed by atoms with E-state index >= 15 is 0 Å². The third-order valence-corrected chi connectivity index (χ3v) is 2.21. The van der Waals surface area contributed by atoms with Gasteiger partial charge in [0.15, 0.2) is 0 Å². The first-order valence-electron chi connectivity index (χ1n) is 5.15. The third kappa shape index (κ3) is 2.99. The summed E-state index contributed by atoms with van der Waals surface area (Å²) in [6, 6.07) is 11.1. The summed E-state index contributed by atoms with van der Waals surface area (Å²) >= 11 is 0. The molecule has 0 fully saturated rings. The zero-order chi connectivity index (χ0) is 12.1. The van der Waals surface area contributed by atoms with E-state index in [1.54, 1.807) is 19.4 Å². The monoisotopic (exact) mass is 224 g/mol. The Hall–Kier alpha value is -2.47. The number of nitrogens with two attached hydrogens (primary N) is 1. The molecule has 1 aromatic carbocycles. The molecule has 2 aromatic rings. The maximum Gasteiger partial charge on any atom is 0.214 e. The second-order valence-electron chi connectivity index (χ2n) is 3.46. The minimum absolute atomic E-state index is 0.564. The average molecular weight is 224 g/mol. The molecule has 0 aliphatic heterocycles. The van der Waals surface area contributed by atoms with Crippen molar-refractivity contribution in [3.63, 3.8) is 0 Å². The Morgan fingerprint density at radius 2 is 1.76 bits per heavy atom. The van der Waals surface area contributed by atoms with Gasteiger partial charge in [-0.05, 0) is 30.3 Å². The number of ether oxygens (including phenoxy) is 1. The highest BCUT2D eigenvalue weighted by atomic mass is 16.5. The Labute approximate surface area is 100 Å². The van der Waals surface area contributed by atoms with Crippen LogP contribution in [-0.4, -0.2) is 12.1 Å². The number of nitrogens with zero attached hydrogens (tertiary/aromatic N) is 1. The van der Waals surface area contributed by atoms with Crippen LogP contribution in [0.5, 0.6) is 5.88 Å². The number of anilines is 1. The van der Waals surface area contributed by atoms with Gasteiger partial charge in [0.25, 0.3) is 0 Å². The van der Waals surface area contributed by atoms with Crippen molar-refractivity contribution < 1.29 is 4.74 Å². The summed E-state index contributed by atoms with van der Waals surface area (Å²) in [4.78, 5) is 4.02. The van der Waals surface area contributed by atoms with E-state index in [-0.39, 0.29) is 0 Å². The Morgan fingerprint density at radius 1 is 1.06 bits per heavy atom. The SMILES string of the molecule is COc1cc(C#Cc2ccc(N)cc2)ccn1. The lowest BCUT2D eigenvalue weighted by Crippen LogP contribution is -1.87. The summed E-state index contributed by atoms with van der Waals surface area (Å²) in [5, 5.41) is 0. The Balaban J connectivity index is 2.23. The quantitative estimate of drug-likeness (QED) is 0.596. The van der Waals surface area contributed by atoms with Crippen LogP contribution in [0.1, 0.15) is 11.1 Å². The first-order valence-corrected chi connectivity index (χ1v) is 5.15. The van der Waals surface area contributed by atoms with E-state index in [1.807, 2.05) is 30.3 Å². The van der Waals surface area contributed by atoms with Crippen molar-refractivity contribution in [2.24, 2.45) is 0 Å². The number of hydrogen-bond donors (Lipinski definition) is 1. The fourth-order valence-electron chi connectivity index (χ4n) is 1.31. The van der Waals surface area contributed by atoms with Gasteiger partial charge in [0, 0.05) is 29.1 Å². The van der Waals surface area contributed by atoms with E-state index in [2.05, 4.69) is 16.8 Å². The molecule has 0 spiro atoms. The van der Waals surface area contributed by atoms with Crippen LogP contribution in [0.25, 0.3) is 0 Å². The summed E-state index contributed by atoms with van der Waals surface area (Å²) in [5.74, 6) is 6.66. The van der Waals surface area contributed by atoms with Crippen LogP contribution in [-0.2, 0) is 0 Å². The van der Waals surface area contributed by atoms with Crippen molar-refractivity contribution in [1.82, 2.24) is 4.98 Å². The minimum Gasteiger partial charge on any atom is -0.481 e. The lowest BCUT2D eigenvalue weighted by atomic mass is 10.2. The highest BCUT2D eigenvalue weighted by Crippen LogP contribution is 2.08. The van der Waals surface area contributed by atoms with E-state index in [1.165, 1.54) is 0 Å². The molecule has 0 unspecified atom stereocenters. The molecule has 3 heteroatoms. The molecule has 0 aliphatic rings. The summed E-state index contributed by atoms with van der Waals surface area (Å²) in [6.07, 6.45) is 1.67. The van der Waals surface area contributed by atoms with Crippen LogP contribution in [0.15, 0.2) is 42.6 Å². The third-order valence-electron chi connectivity index (χ3n) is 2.21. The molecular weight excluding hydrogens is 212 g/mol. The zero-order valence-electron chi connectivity index (χ0n) is 9.47. The van der Waals surface area contributed by atoms with E-state index in [0.717, 1.165) is 16.8 Å². The van der Waals surface area contributed by atoms with Crippen molar-refractivity contribution in [2.45, 2.75) is 0 Å². The van der Waals surface area contributed by atoms with E-state index in [0.29, 0.717) is 5.88 Å². The van der Waals surface area contributed by atoms with Gasteiger partial charge < -0.3 is 10.5 Å². The predicted octanol–water partition coefficient (Wildman–Crippen LogP) is 2.07.